The Morgan fingerprint density at radius 1 is 1.11 bits per heavy atom. The molecule has 0 spiro atoms. The van der Waals surface area contributed by atoms with Crippen LogP contribution in [0.15, 0.2) is 63.8 Å². The molecular formula is C27H29ClN4O3S. The molecule has 0 saturated heterocycles. The summed E-state index contributed by atoms with van der Waals surface area (Å²) in [6, 6.07) is 16.3. The number of aryl methyl sites for hydroxylation is 1. The number of hydrogen-bond donors (Lipinski definition) is 3. The number of carbonyl (C=O) groups is 1. The molecule has 2 aromatic carbocycles. The Labute approximate surface area is 219 Å². The van der Waals surface area contributed by atoms with Crippen molar-refractivity contribution in [2.75, 3.05) is 5.32 Å². The zero-order valence-corrected chi connectivity index (χ0v) is 22.4. The first-order valence-corrected chi connectivity index (χ1v) is 12.8. The lowest BCUT2D eigenvalue weighted by molar-refractivity contribution is 0.0980. The second-order valence-electron chi connectivity index (χ2n) is 7.93. The number of fused-ring (bicyclic) bond motifs is 1. The van der Waals surface area contributed by atoms with Gasteiger partial charge in [0, 0.05) is 28.8 Å². The van der Waals surface area contributed by atoms with E-state index in [0.717, 1.165) is 16.7 Å². The number of halogens is 1. The highest BCUT2D eigenvalue weighted by Gasteiger charge is 2.21. The number of nitrogens with two attached hydrogens (primary N) is 1. The van der Waals surface area contributed by atoms with Gasteiger partial charge in [-0.25, -0.2) is 4.98 Å². The molecule has 4 N–H and O–H groups in total. The summed E-state index contributed by atoms with van der Waals surface area (Å²) < 4.78 is 8.82. The van der Waals surface area contributed by atoms with Gasteiger partial charge in [0.05, 0.1) is 17.1 Å². The third kappa shape index (κ3) is 5.73. The molecule has 9 heteroatoms. The van der Waals surface area contributed by atoms with Crippen LogP contribution in [0.3, 0.4) is 0 Å². The fourth-order valence-corrected chi connectivity index (χ4v) is 4.24. The highest BCUT2D eigenvalue weighted by molar-refractivity contribution is 7.95. The number of nitrogens with zero attached hydrogens (tertiary/aromatic N) is 1. The van der Waals surface area contributed by atoms with Gasteiger partial charge in [0.25, 0.3) is 5.91 Å². The maximum absolute atomic E-state index is 13.3. The number of anilines is 1. The molecule has 4 aromatic rings. The first-order valence-electron chi connectivity index (χ1n) is 11.5. The molecule has 1 amide bonds. The summed E-state index contributed by atoms with van der Waals surface area (Å²) in [6.07, 6.45) is 0. The quantitative estimate of drug-likeness (QED) is 0.193. The molecule has 4 rings (SSSR count). The Bertz CT molecular complexity index is 1440. The zero-order valence-electron chi connectivity index (χ0n) is 20.8. The van der Waals surface area contributed by atoms with Crippen LogP contribution in [0.2, 0.25) is 5.15 Å². The van der Waals surface area contributed by atoms with Crippen molar-refractivity contribution in [3.8, 4) is 11.3 Å². The summed E-state index contributed by atoms with van der Waals surface area (Å²) in [5.74, 6) is 0.0518. The number of amides is 1. The first kappa shape index (κ1) is 27.3. The molecule has 1 atom stereocenters. The van der Waals surface area contributed by atoms with E-state index in [0.29, 0.717) is 40.1 Å². The minimum Gasteiger partial charge on any atom is -0.455 e. The molecule has 0 radical (unpaired) electrons. The number of nitrogens with one attached hydrogen (secondary N) is 2. The summed E-state index contributed by atoms with van der Waals surface area (Å²) in [4.78, 5) is 29.9. The molecule has 0 aliphatic rings. The van der Waals surface area contributed by atoms with Crippen LogP contribution in [0, 0.1) is 13.8 Å². The Kier molecular flexibility index (Phi) is 9.14. The number of carbonyl (C=O) groups excluding carboxylic acids is 1. The van der Waals surface area contributed by atoms with E-state index in [4.69, 9.17) is 21.2 Å². The van der Waals surface area contributed by atoms with Gasteiger partial charge in [-0.3, -0.25) is 19.5 Å². The highest BCUT2D eigenvalue weighted by atomic mass is 35.5. The smallest absolute Gasteiger partial charge is 0.282 e. The molecule has 2 heterocycles. The van der Waals surface area contributed by atoms with Gasteiger partial charge in [0.2, 0.25) is 0 Å². The van der Waals surface area contributed by atoms with Crippen LogP contribution < -0.4 is 20.6 Å². The molecule has 36 heavy (non-hydrogen) atoms. The minimum absolute atomic E-state index is 0.0783. The highest BCUT2D eigenvalue weighted by Crippen LogP contribution is 2.32. The number of aromatic nitrogens is 1. The van der Waals surface area contributed by atoms with Crippen LogP contribution in [0.5, 0.6) is 0 Å². The van der Waals surface area contributed by atoms with Gasteiger partial charge in [-0.2, -0.15) is 0 Å². The molecular weight excluding hydrogens is 496 g/mol. The predicted molar refractivity (Wildman–Crippen MR) is 149 cm³/mol. The molecule has 188 valence electrons. The number of benzene rings is 2. The normalized spacial score (nSPS) is 11.4. The second kappa shape index (κ2) is 12.1. The van der Waals surface area contributed by atoms with Gasteiger partial charge in [-0.05, 0) is 44.5 Å². The summed E-state index contributed by atoms with van der Waals surface area (Å²) in [5.41, 5.74) is 4.06. The van der Waals surface area contributed by atoms with E-state index >= 15 is 0 Å². The molecule has 0 aliphatic heterocycles. The van der Waals surface area contributed by atoms with E-state index < -0.39 is 5.91 Å². The van der Waals surface area contributed by atoms with Crippen LogP contribution in [-0.4, -0.2) is 10.9 Å². The first-order chi connectivity index (χ1) is 17.3. The van der Waals surface area contributed by atoms with Crippen molar-refractivity contribution in [1.29, 1.82) is 0 Å². The van der Waals surface area contributed by atoms with Crippen molar-refractivity contribution >= 4 is 46.3 Å². The fourth-order valence-electron chi connectivity index (χ4n) is 3.89. The third-order valence-electron chi connectivity index (χ3n) is 5.49. The van der Waals surface area contributed by atoms with Crippen molar-refractivity contribution < 1.29 is 9.21 Å². The largest absolute Gasteiger partial charge is 0.455 e. The molecule has 0 fully saturated rings. The van der Waals surface area contributed by atoms with Crippen LogP contribution in [0.1, 0.15) is 54.0 Å². The number of hydrogen-bond acceptors (Lipinski definition) is 7. The van der Waals surface area contributed by atoms with E-state index in [1.54, 1.807) is 19.1 Å². The van der Waals surface area contributed by atoms with Crippen molar-refractivity contribution in [3.63, 3.8) is 0 Å². The van der Waals surface area contributed by atoms with Gasteiger partial charge in [-0.15, -0.1) is 0 Å². The number of rotatable bonds is 6. The van der Waals surface area contributed by atoms with Crippen LogP contribution >= 0.6 is 23.7 Å². The zero-order chi connectivity index (χ0) is 26.4. The van der Waals surface area contributed by atoms with Crippen molar-refractivity contribution in [1.82, 2.24) is 9.71 Å². The SMILES string of the molecule is CC.Cc1cc(C(C)Nc2ccc(Cl)nc2C(=O)NSN)c2oc(-c3ccccc3)c(C)c(=O)c2c1. The lowest BCUT2D eigenvalue weighted by atomic mass is 9.98. The Morgan fingerprint density at radius 2 is 1.81 bits per heavy atom. The van der Waals surface area contributed by atoms with Gasteiger partial charge in [0.15, 0.2) is 11.1 Å². The minimum atomic E-state index is -0.479. The monoisotopic (exact) mass is 524 g/mol. The Morgan fingerprint density at radius 3 is 2.47 bits per heavy atom. The summed E-state index contributed by atoms with van der Waals surface area (Å²) in [7, 11) is 0. The maximum atomic E-state index is 13.3. The molecule has 0 saturated carbocycles. The Hall–Kier alpha value is -3.33. The van der Waals surface area contributed by atoms with E-state index in [-0.39, 0.29) is 22.3 Å². The van der Waals surface area contributed by atoms with E-state index in [9.17, 15) is 9.59 Å². The van der Waals surface area contributed by atoms with Crippen molar-refractivity contribution in [2.24, 2.45) is 5.14 Å². The average molecular weight is 525 g/mol. The van der Waals surface area contributed by atoms with E-state index in [1.807, 2.05) is 70.2 Å². The van der Waals surface area contributed by atoms with Crippen LogP contribution in [0.25, 0.3) is 22.3 Å². The summed E-state index contributed by atoms with van der Waals surface area (Å²) in [5, 5.41) is 9.38. The van der Waals surface area contributed by atoms with E-state index in [2.05, 4.69) is 15.0 Å². The lowest BCUT2D eigenvalue weighted by Crippen LogP contribution is -2.22. The lowest BCUT2D eigenvalue weighted by Gasteiger charge is -2.20. The summed E-state index contributed by atoms with van der Waals surface area (Å²) >= 11 is 6.70. The Balaban J connectivity index is 0.00000176. The topological polar surface area (TPSA) is 110 Å². The standard InChI is InChI=1S/C25H23ClN4O3S.C2H6/c1-13-11-17(15(3)28-19-9-10-20(26)29-21(19)25(32)30-34-27)24-18(12-13)22(31)14(2)23(33-24)16-7-5-4-6-8-16;1-2/h4-12,15,28H,27H2,1-3H3,(H,30,32);1-2H3. The van der Waals surface area contributed by atoms with Gasteiger partial charge in [0.1, 0.15) is 16.5 Å². The van der Waals surface area contributed by atoms with Gasteiger partial charge >= 0.3 is 0 Å². The average Bonchev–Trinajstić information content (AvgIpc) is 2.88. The molecule has 0 aliphatic carbocycles. The van der Waals surface area contributed by atoms with E-state index in [1.165, 1.54) is 0 Å². The molecule has 7 nitrogen and oxygen atoms in total. The summed E-state index contributed by atoms with van der Waals surface area (Å²) in [6.45, 7) is 9.62. The maximum Gasteiger partial charge on any atom is 0.282 e. The van der Waals surface area contributed by atoms with Crippen LogP contribution in [0.4, 0.5) is 5.69 Å². The van der Waals surface area contributed by atoms with Crippen molar-refractivity contribution in [3.05, 3.63) is 92.4 Å². The van der Waals surface area contributed by atoms with Gasteiger partial charge < -0.3 is 9.73 Å². The molecule has 0 bridgehead atoms. The predicted octanol–water partition coefficient (Wildman–Crippen LogP) is 6.58. The van der Waals surface area contributed by atoms with Crippen molar-refractivity contribution in [2.45, 2.75) is 40.7 Å². The van der Waals surface area contributed by atoms with Crippen LogP contribution in [-0.2, 0) is 0 Å². The third-order valence-corrected chi connectivity index (χ3v) is 6.01. The fraction of sp³-hybridized carbons (Fsp3) is 0.222. The molecule has 2 aromatic heterocycles. The number of pyridine rings is 1. The van der Waals surface area contributed by atoms with Gasteiger partial charge in [-0.1, -0.05) is 61.8 Å². The molecule has 1 unspecified atom stereocenters. The second-order valence-corrected chi connectivity index (χ2v) is 8.75.